The van der Waals surface area contributed by atoms with E-state index in [1.165, 1.54) is 18.4 Å². The van der Waals surface area contributed by atoms with Gasteiger partial charge in [-0.05, 0) is 49.8 Å². The normalized spacial score (nSPS) is 21.8. The number of carbonyl (C=O) groups excluding carboxylic acids is 1. The molecule has 0 heterocycles. The lowest BCUT2D eigenvalue weighted by Gasteiger charge is -2.27. The van der Waals surface area contributed by atoms with Crippen LogP contribution in [0.4, 0.5) is 0 Å². The van der Waals surface area contributed by atoms with Gasteiger partial charge in [-0.1, -0.05) is 18.6 Å². The average Bonchev–Trinajstić information content (AvgIpc) is 2.48. The predicted octanol–water partition coefficient (Wildman–Crippen LogP) is 3.00. The summed E-state index contributed by atoms with van der Waals surface area (Å²) < 4.78 is 10.5. The molecule has 4 heteroatoms. The molecule has 0 saturated heterocycles. The van der Waals surface area contributed by atoms with Gasteiger partial charge in [0.15, 0.2) is 0 Å². The van der Waals surface area contributed by atoms with Crippen molar-refractivity contribution in [2.75, 3.05) is 13.2 Å². The molecule has 21 heavy (non-hydrogen) atoms. The van der Waals surface area contributed by atoms with Crippen molar-refractivity contribution in [2.24, 2.45) is 5.73 Å². The van der Waals surface area contributed by atoms with Gasteiger partial charge in [0.1, 0.15) is 5.75 Å². The first-order valence-electron chi connectivity index (χ1n) is 7.83. The van der Waals surface area contributed by atoms with E-state index in [2.05, 4.69) is 12.1 Å². The Morgan fingerprint density at radius 2 is 2.24 bits per heavy atom. The van der Waals surface area contributed by atoms with Crippen LogP contribution in [0.3, 0.4) is 0 Å². The molecule has 2 unspecified atom stereocenters. The third-order valence-electron chi connectivity index (χ3n) is 3.92. The lowest BCUT2D eigenvalue weighted by atomic mass is 9.82. The highest BCUT2D eigenvalue weighted by atomic mass is 16.5. The molecule has 116 valence electrons. The molecule has 4 nitrogen and oxygen atoms in total. The minimum Gasteiger partial charge on any atom is -0.493 e. The van der Waals surface area contributed by atoms with Crippen LogP contribution >= 0.6 is 0 Å². The highest BCUT2D eigenvalue weighted by molar-refractivity contribution is 5.69. The fraction of sp³-hybridized carbons (Fsp3) is 0.588. The van der Waals surface area contributed by atoms with Crippen molar-refractivity contribution in [3.63, 3.8) is 0 Å². The van der Waals surface area contributed by atoms with Crippen LogP contribution in [0.1, 0.15) is 50.5 Å². The van der Waals surface area contributed by atoms with E-state index in [0.29, 0.717) is 25.2 Å². The van der Waals surface area contributed by atoms with Gasteiger partial charge in [-0.2, -0.15) is 0 Å². The Morgan fingerprint density at radius 1 is 1.38 bits per heavy atom. The number of nitrogens with two attached hydrogens (primary N) is 1. The summed E-state index contributed by atoms with van der Waals surface area (Å²) >= 11 is 0. The lowest BCUT2D eigenvalue weighted by molar-refractivity contribution is -0.143. The molecule has 0 bridgehead atoms. The third-order valence-corrected chi connectivity index (χ3v) is 3.92. The predicted molar refractivity (Wildman–Crippen MR) is 82.4 cm³/mol. The van der Waals surface area contributed by atoms with Crippen LogP contribution in [0.15, 0.2) is 24.3 Å². The molecule has 2 N–H and O–H groups in total. The molecule has 0 amide bonds. The maximum atomic E-state index is 11.3. The Morgan fingerprint density at radius 3 is 3.00 bits per heavy atom. The van der Waals surface area contributed by atoms with Gasteiger partial charge < -0.3 is 15.2 Å². The standard InChI is InChI=1S/C17H25NO3/c1-2-20-17(19)9-10-21-16-8-4-6-14(12-16)13-5-3-7-15(18)11-13/h4,6,8,12-13,15H,2-3,5,7,9-11,18H2,1H3. The molecule has 1 saturated carbocycles. The summed E-state index contributed by atoms with van der Waals surface area (Å²) in [4.78, 5) is 11.3. The van der Waals surface area contributed by atoms with Gasteiger partial charge in [-0.15, -0.1) is 0 Å². The molecule has 0 aromatic heterocycles. The third kappa shape index (κ3) is 5.05. The van der Waals surface area contributed by atoms with E-state index in [0.717, 1.165) is 18.6 Å². The van der Waals surface area contributed by atoms with Gasteiger partial charge in [0.05, 0.1) is 19.6 Å². The Labute approximate surface area is 126 Å². The van der Waals surface area contributed by atoms with Crippen LogP contribution in [0.25, 0.3) is 0 Å². The first-order valence-corrected chi connectivity index (χ1v) is 7.83. The maximum Gasteiger partial charge on any atom is 0.309 e. The summed E-state index contributed by atoms with van der Waals surface area (Å²) in [6.45, 7) is 2.57. The molecule has 2 atom stereocenters. The summed E-state index contributed by atoms with van der Waals surface area (Å²) in [5, 5.41) is 0. The zero-order valence-electron chi connectivity index (χ0n) is 12.7. The Hall–Kier alpha value is -1.55. The van der Waals surface area contributed by atoms with E-state index in [4.69, 9.17) is 15.2 Å². The Bertz CT molecular complexity index is 461. The average molecular weight is 291 g/mol. The van der Waals surface area contributed by atoms with Gasteiger partial charge in [0.2, 0.25) is 0 Å². The van der Waals surface area contributed by atoms with Gasteiger partial charge in [-0.25, -0.2) is 0 Å². The van der Waals surface area contributed by atoms with Crippen molar-refractivity contribution in [3.05, 3.63) is 29.8 Å². The van der Waals surface area contributed by atoms with Crippen molar-refractivity contribution in [3.8, 4) is 5.75 Å². The molecule has 1 aromatic carbocycles. The van der Waals surface area contributed by atoms with E-state index in [1.807, 2.05) is 12.1 Å². The topological polar surface area (TPSA) is 61.5 Å². The van der Waals surface area contributed by atoms with Crippen molar-refractivity contribution >= 4 is 5.97 Å². The first-order chi connectivity index (χ1) is 10.2. The van der Waals surface area contributed by atoms with E-state index in [-0.39, 0.29) is 12.4 Å². The van der Waals surface area contributed by atoms with Crippen LogP contribution in [0.2, 0.25) is 0 Å². The minimum absolute atomic E-state index is 0.216. The number of hydrogen-bond acceptors (Lipinski definition) is 4. The number of rotatable bonds is 6. The van der Waals surface area contributed by atoms with Crippen LogP contribution in [-0.2, 0) is 9.53 Å². The number of esters is 1. The number of carbonyl (C=O) groups is 1. The molecule has 0 aliphatic heterocycles. The second-order valence-corrected chi connectivity index (χ2v) is 5.60. The van der Waals surface area contributed by atoms with Crippen molar-refractivity contribution < 1.29 is 14.3 Å². The van der Waals surface area contributed by atoms with Crippen LogP contribution in [-0.4, -0.2) is 25.2 Å². The molecule has 1 aliphatic carbocycles. The fourth-order valence-electron chi connectivity index (χ4n) is 2.87. The minimum atomic E-state index is -0.216. The summed E-state index contributed by atoms with van der Waals surface area (Å²) in [7, 11) is 0. The van der Waals surface area contributed by atoms with E-state index in [1.54, 1.807) is 6.92 Å². The van der Waals surface area contributed by atoms with Gasteiger partial charge >= 0.3 is 5.97 Å². The maximum absolute atomic E-state index is 11.3. The SMILES string of the molecule is CCOC(=O)CCOc1cccc(C2CCCC(N)C2)c1. The van der Waals surface area contributed by atoms with Crippen molar-refractivity contribution in [2.45, 2.75) is 51.0 Å². The quantitative estimate of drug-likeness (QED) is 0.818. The second kappa shape index (κ2) is 8.03. The number of benzene rings is 1. The molecule has 1 aromatic rings. The van der Waals surface area contributed by atoms with Crippen LogP contribution in [0.5, 0.6) is 5.75 Å². The zero-order chi connectivity index (χ0) is 15.1. The fourth-order valence-corrected chi connectivity index (χ4v) is 2.87. The van der Waals surface area contributed by atoms with E-state index in [9.17, 15) is 4.79 Å². The van der Waals surface area contributed by atoms with Gasteiger partial charge in [0, 0.05) is 6.04 Å². The highest BCUT2D eigenvalue weighted by Crippen LogP contribution is 2.33. The van der Waals surface area contributed by atoms with Crippen LogP contribution in [0, 0.1) is 0 Å². The number of ether oxygens (including phenoxy) is 2. The molecule has 1 aliphatic rings. The Balaban J connectivity index is 1.87. The lowest BCUT2D eigenvalue weighted by Crippen LogP contribution is -2.26. The highest BCUT2D eigenvalue weighted by Gasteiger charge is 2.20. The molecule has 0 radical (unpaired) electrons. The number of hydrogen-bond donors (Lipinski definition) is 1. The van der Waals surface area contributed by atoms with Crippen molar-refractivity contribution in [1.29, 1.82) is 0 Å². The van der Waals surface area contributed by atoms with Crippen LogP contribution < -0.4 is 10.5 Å². The largest absolute Gasteiger partial charge is 0.493 e. The summed E-state index contributed by atoms with van der Waals surface area (Å²) in [6.07, 6.45) is 4.85. The summed E-state index contributed by atoms with van der Waals surface area (Å²) in [5.41, 5.74) is 7.35. The molecular weight excluding hydrogens is 266 g/mol. The summed E-state index contributed by atoms with van der Waals surface area (Å²) in [5.74, 6) is 1.13. The summed E-state index contributed by atoms with van der Waals surface area (Å²) in [6, 6.07) is 8.47. The molecule has 1 fully saturated rings. The molecule has 2 rings (SSSR count). The van der Waals surface area contributed by atoms with Gasteiger partial charge in [-0.3, -0.25) is 4.79 Å². The second-order valence-electron chi connectivity index (χ2n) is 5.60. The van der Waals surface area contributed by atoms with Crippen molar-refractivity contribution in [1.82, 2.24) is 0 Å². The van der Waals surface area contributed by atoms with E-state index >= 15 is 0 Å². The first kappa shape index (κ1) is 15.8. The van der Waals surface area contributed by atoms with Gasteiger partial charge in [0.25, 0.3) is 0 Å². The smallest absolute Gasteiger partial charge is 0.309 e. The molecular formula is C17H25NO3. The molecule has 0 spiro atoms. The Kier molecular flexibility index (Phi) is 6.05. The van der Waals surface area contributed by atoms with E-state index < -0.39 is 0 Å². The monoisotopic (exact) mass is 291 g/mol. The zero-order valence-corrected chi connectivity index (χ0v) is 12.7.